The minimum Gasteiger partial charge on any atom is -0.385 e. The minimum atomic E-state index is -3.48. The van der Waals surface area contributed by atoms with Gasteiger partial charge in [-0.3, -0.25) is 9.78 Å². The fourth-order valence-corrected chi connectivity index (χ4v) is 5.39. The van der Waals surface area contributed by atoms with Crippen molar-refractivity contribution in [1.82, 2.24) is 20.3 Å². The number of aryl methyl sites for hydroxylation is 1. The minimum absolute atomic E-state index is 0.0853. The van der Waals surface area contributed by atoms with Gasteiger partial charge < -0.3 is 15.3 Å². The number of carbonyl (C=O) groups is 1. The Balaban J connectivity index is 1.34. The normalized spacial score (nSPS) is 16.9. The number of rotatable bonds is 6. The number of amides is 1. The zero-order valence-electron chi connectivity index (χ0n) is 21.1. The molecule has 1 atom stereocenters. The topological polar surface area (TPSA) is 125 Å². The molecular weight excluding hydrogens is 528 g/mol. The molecule has 1 aliphatic heterocycles. The van der Waals surface area contributed by atoms with Crippen LogP contribution < -0.4 is 10.2 Å². The molecule has 0 bridgehead atoms. The fraction of sp³-hybridized carbons (Fsp3) is 0.259. The van der Waals surface area contributed by atoms with E-state index in [9.17, 15) is 27.1 Å². The number of aromatic nitrogens is 3. The lowest BCUT2D eigenvalue weighted by molar-refractivity contribution is -0.0712. The van der Waals surface area contributed by atoms with Crippen LogP contribution in [0.5, 0.6) is 0 Å². The second-order valence-corrected chi connectivity index (χ2v) is 11.5. The second-order valence-electron chi connectivity index (χ2n) is 9.54. The standard InChI is InChI=1S/C27H25F2N5O4S/c1-16-6-7-17(10-23(16)39(2,37)38)26(36)31-13-19-11-22-18(12-30-19)8-9-21(32-22)20-4-3-5-25(33-20)34-14-24(35)27(28,29)15-34/h3-12,24,35H,13-15H2,1-2H3,(H,31,36)/t24-/m0/s1. The molecule has 4 aromatic rings. The molecule has 1 saturated heterocycles. The van der Waals surface area contributed by atoms with Crippen LogP contribution in [0.15, 0.2) is 65.7 Å². The Morgan fingerprint density at radius 1 is 1.13 bits per heavy atom. The third-order valence-corrected chi connectivity index (χ3v) is 7.75. The average Bonchev–Trinajstić information content (AvgIpc) is 3.18. The smallest absolute Gasteiger partial charge is 0.292 e. The van der Waals surface area contributed by atoms with Crippen LogP contribution in [0.4, 0.5) is 14.6 Å². The number of fused-ring (bicyclic) bond motifs is 1. The zero-order valence-corrected chi connectivity index (χ0v) is 21.9. The fourth-order valence-electron chi connectivity index (χ4n) is 4.39. The van der Waals surface area contributed by atoms with E-state index in [1.807, 2.05) is 6.07 Å². The van der Waals surface area contributed by atoms with Gasteiger partial charge in [0.25, 0.3) is 11.8 Å². The molecule has 0 radical (unpaired) electrons. The van der Waals surface area contributed by atoms with Gasteiger partial charge in [0.2, 0.25) is 0 Å². The molecule has 1 fully saturated rings. The largest absolute Gasteiger partial charge is 0.385 e. The van der Waals surface area contributed by atoms with Crippen molar-refractivity contribution in [2.24, 2.45) is 0 Å². The number of aliphatic hydroxyl groups is 1. The lowest BCUT2D eigenvalue weighted by atomic mass is 10.1. The van der Waals surface area contributed by atoms with E-state index in [2.05, 4.69) is 20.3 Å². The molecule has 0 spiro atoms. The van der Waals surface area contributed by atoms with Crippen molar-refractivity contribution in [1.29, 1.82) is 0 Å². The maximum absolute atomic E-state index is 13.8. The SMILES string of the molecule is Cc1ccc(C(=O)NCc2cc3nc(-c4cccc(N5C[C@H](O)C(F)(F)C5)n4)ccc3cn2)cc1S(C)(=O)=O. The lowest BCUT2D eigenvalue weighted by Crippen LogP contribution is -2.31. The quantitative estimate of drug-likeness (QED) is 0.373. The highest BCUT2D eigenvalue weighted by atomic mass is 32.2. The van der Waals surface area contributed by atoms with Crippen molar-refractivity contribution in [2.45, 2.75) is 30.4 Å². The monoisotopic (exact) mass is 553 g/mol. The van der Waals surface area contributed by atoms with Crippen LogP contribution in [0, 0.1) is 6.92 Å². The summed E-state index contributed by atoms with van der Waals surface area (Å²) in [6, 6.07) is 14.8. The Kier molecular flexibility index (Phi) is 6.77. The Labute approximate surface area is 223 Å². The molecule has 3 aromatic heterocycles. The summed E-state index contributed by atoms with van der Waals surface area (Å²) in [5.74, 6) is -3.33. The van der Waals surface area contributed by atoms with Crippen LogP contribution in [-0.2, 0) is 16.4 Å². The van der Waals surface area contributed by atoms with Gasteiger partial charge in [0.05, 0.1) is 47.1 Å². The summed E-state index contributed by atoms with van der Waals surface area (Å²) in [5.41, 5.74) is 2.90. The molecule has 0 unspecified atom stereocenters. The number of hydrogen-bond donors (Lipinski definition) is 2. The van der Waals surface area contributed by atoms with Gasteiger partial charge in [-0.2, -0.15) is 0 Å². The van der Waals surface area contributed by atoms with Gasteiger partial charge >= 0.3 is 0 Å². The van der Waals surface area contributed by atoms with Gasteiger partial charge in [0.1, 0.15) is 11.9 Å². The molecule has 5 rings (SSSR count). The van der Waals surface area contributed by atoms with Gasteiger partial charge in [-0.1, -0.05) is 12.1 Å². The highest BCUT2D eigenvalue weighted by Crippen LogP contribution is 2.31. The number of halogens is 2. The molecular formula is C27H25F2N5O4S. The van der Waals surface area contributed by atoms with E-state index in [0.29, 0.717) is 34.0 Å². The highest BCUT2D eigenvalue weighted by molar-refractivity contribution is 7.90. The summed E-state index contributed by atoms with van der Waals surface area (Å²) in [7, 11) is -3.48. The van der Waals surface area contributed by atoms with Crippen LogP contribution in [-0.4, -0.2) is 65.8 Å². The van der Waals surface area contributed by atoms with E-state index < -0.39 is 34.3 Å². The molecule has 1 aliphatic rings. The number of nitrogens with zero attached hydrogens (tertiary/aromatic N) is 4. The Hall–Kier alpha value is -4.03. The number of nitrogens with one attached hydrogen (secondary N) is 1. The maximum atomic E-state index is 13.8. The molecule has 9 nitrogen and oxygen atoms in total. The molecule has 0 saturated carbocycles. The molecule has 0 aliphatic carbocycles. The molecule has 202 valence electrons. The van der Waals surface area contributed by atoms with Gasteiger partial charge in [0, 0.05) is 23.4 Å². The van der Waals surface area contributed by atoms with E-state index in [0.717, 1.165) is 11.6 Å². The van der Waals surface area contributed by atoms with Gasteiger partial charge in [-0.15, -0.1) is 0 Å². The van der Waals surface area contributed by atoms with Gasteiger partial charge in [-0.25, -0.2) is 27.2 Å². The maximum Gasteiger partial charge on any atom is 0.292 e. The summed E-state index contributed by atoms with van der Waals surface area (Å²) >= 11 is 0. The van der Waals surface area contributed by atoms with E-state index in [1.165, 1.54) is 11.0 Å². The molecule has 12 heteroatoms. The zero-order chi connectivity index (χ0) is 27.9. The number of pyridine rings is 3. The Morgan fingerprint density at radius 2 is 1.90 bits per heavy atom. The summed E-state index contributed by atoms with van der Waals surface area (Å²) in [5, 5.41) is 13.1. The van der Waals surface area contributed by atoms with E-state index in [-0.39, 0.29) is 23.5 Å². The number of hydrogen-bond acceptors (Lipinski definition) is 8. The molecule has 1 amide bonds. The predicted octanol–water partition coefficient (Wildman–Crippen LogP) is 3.15. The first-order valence-electron chi connectivity index (χ1n) is 12.0. The van der Waals surface area contributed by atoms with Crippen molar-refractivity contribution in [3.05, 3.63) is 77.6 Å². The first-order valence-corrected chi connectivity index (χ1v) is 13.9. The van der Waals surface area contributed by atoms with E-state index >= 15 is 0 Å². The third kappa shape index (κ3) is 5.57. The Bertz CT molecular complexity index is 1700. The predicted molar refractivity (Wildman–Crippen MR) is 141 cm³/mol. The molecule has 1 aromatic carbocycles. The number of anilines is 1. The number of aliphatic hydroxyl groups excluding tert-OH is 1. The van der Waals surface area contributed by atoms with Gasteiger partial charge in [0.15, 0.2) is 9.84 Å². The average molecular weight is 554 g/mol. The first kappa shape index (κ1) is 26.6. The number of carbonyl (C=O) groups excluding carboxylic acids is 1. The van der Waals surface area contributed by atoms with Crippen LogP contribution in [0.3, 0.4) is 0 Å². The summed E-state index contributed by atoms with van der Waals surface area (Å²) in [6.45, 7) is 0.920. The second kappa shape index (κ2) is 9.93. The number of benzene rings is 1. The number of β-amino-alcohol motifs (C(OH)–C–C–N with tert-alkyl or cyclic N) is 1. The first-order chi connectivity index (χ1) is 18.4. The summed E-state index contributed by atoms with van der Waals surface area (Å²) < 4.78 is 51.6. The third-order valence-electron chi connectivity index (χ3n) is 6.51. The van der Waals surface area contributed by atoms with Crippen molar-refractivity contribution in [3.8, 4) is 11.4 Å². The summed E-state index contributed by atoms with van der Waals surface area (Å²) in [6.07, 6.45) is 0.970. The molecule has 4 heterocycles. The van der Waals surface area contributed by atoms with E-state index in [4.69, 9.17) is 0 Å². The number of alkyl halides is 2. The summed E-state index contributed by atoms with van der Waals surface area (Å²) in [4.78, 5) is 27.6. The van der Waals surface area contributed by atoms with Crippen molar-refractivity contribution in [2.75, 3.05) is 24.2 Å². The van der Waals surface area contributed by atoms with Crippen LogP contribution in [0.1, 0.15) is 21.6 Å². The van der Waals surface area contributed by atoms with Crippen molar-refractivity contribution >= 4 is 32.5 Å². The van der Waals surface area contributed by atoms with Crippen LogP contribution >= 0.6 is 0 Å². The van der Waals surface area contributed by atoms with Crippen molar-refractivity contribution in [3.63, 3.8) is 0 Å². The highest BCUT2D eigenvalue weighted by Gasteiger charge is 2.47. The molecule has 2 N–H and O–H groups in total. The molecule has 39 heavy (non-hydrogen) atoms. The van der Waals surface area contributed by atoms with E-state index in [1.54, 1.807) is 55.6 Å². The Morgan fingerprint density at radius 3 is 2.62 bits per heavy atom. The van der Waals surface area contributed by atoms with Gasteiger partial charge in [-0.05, 0) is 55.0 Å². The lowest BCUT2D eigenvalue weighted by Gasteiger charge is -2.17. The van der Waals surface area contributed by atoms with Crippen LogP contribution in [0.2, 0.25) is 0 Å². The van der Waals surface area contributed by atoms with Crippen LogP contribution in [0.25, 0.3) is 22.3 Å². The van der Waals surface area contributed by atoms with Crippen molar-refractivity contribution < 1.29 is 27.1 Å². The number of sulfone groups is 1.